The van der Waals surface area contributed by atoms with E-state index >= 15 is 0 Å². The molecule has 0 aromatic heterocycles. The van der Waals surface area contributed by atoms with Crippen molar-refractivity contribution in [3.8, 4) is 0 Å². The van der Waals surface area contributed by atoms with E-state index < -0.39 is 118 Å². The topological polar surface area (TPSA) is 384 Å². The van der Waals surface area contributed by atoms with Gasteiger partial charge in [0.25, 0.3) is 0 Å². The quantitative estimate of drug-likeness (QED) is 0.0310. The third-order valence-electron chi connectivity index (χ3n) is 24.0. The zero-order valence-electron chi connectivity index (χ0n) is 81.3. The minimum atomic E-state index is -4.71. The highest BCUT2D eigenvalue weighted by Gasteiger charge is 2.83. The molecule has 0 saturated carbocycles. The maximum Gasteiger partial charge on any atom is 0.478 e. The van der Waals surface area contributed by atoms with Crippen molar-refractivity contribution >= 4 is 257 Å². The van der Waals surface area contributed by atoms with Crippen LogP contribution in [0.3, 0.4) is 0 Å². The molecular weight excluding hydrogens is 1990 g/mol. The van der Waals surface area contributed by atoms with Crippen molar-refractivity contribution in [2.45, 2.75) is 313 Å². The van der Waals surface area contributed by atoms with Crippen LogP contribution in [-0.4, -0.2) is 255 Å². The molecule has 0 N–H and O–H groups in total. The monoisotopic (exact) mass is 2140 g/mol. The largest absolute Gasteiger partial charge is 0.478 e. The summed E-state index contributed by atoms with van der Waals surface area (Å²) in [7, 11) is -37.7. The van der Waals surface area contributed by atoms with Gasteiger partial charge in [0.05, 0.1) is 47.3 Å². The second-order valence-corrected chi connectivity index (χ2v) is 70.3. The summed E-state index contributed by atoms with van der Waals surface area (Å²) in [6.07, 6.45) is 11.0. The highest BCUT2D eigenvalue weighted by molar-refractivity contribution is 8.00. The molecule has 6 aliphatic heterocycles. The van der Waals surface area contributed by atoms with Gasteiger partial charge in [0.2, 0.25) is 0 Å². The lowest BCUT2D eigenvalue weighted by molar-refractivity contribution is -0.132. The fourth-order valence-corrected chi connectivity index (χ4v) is 77.0. The van der Waals surface area contributed by atoms with Crippen LogP contribution >= 0.6 is 94.1 Å². The highest BCUT2D eigenvalue weighted by atomic mass is 32.2. The molecule has 0 unspecified atom stereocenters. The average molecular weight is 2140 g/mol. The van der Waals surface area contributed by atoms with Gasteiger partial charge in [-0.15, -0.1) is 0 Å². The molecule has 6 heterocycles. The molecule has 752 valence electrons. The van der Waals surface area contributed by atoms with Crippen LogP contribution in [0.1, 0.15) is 265 Å². The van der Waals surface area contributed by atoms with E-state index in [0.29, 0.717) is 246 Å². The van der Waals surface area contributed by atoms with Gasteiger partial charge in [0.15, 0.2) is 0 Å². The first-order valence-electron chi connectivity index (χ1n) is 47.5. The summed E-state index contributed by atoms with van der Waals surface area (Å²) in [4.78, 5) is 204. The number of hydrogen-bond acceptors (Lipinski definition) is 36. The lowest BCUT2D eigenvalue weighted by Gasteiger charge is -2.63. The van der Waals surface area contributed by atoms with E-state index in [2.05, 4.69) is 0 Å². The molecule has 44 heteroatoms. The van der Waals surface area contributed by atoms with Crippen molar-refractivity contribution in [3.63, 3.8) is 0 Å². The Morgan fingerprint density at radius 3 is 0.295 bits per heavy atom. The number of ketones is 16. The van der Waals surface area contributed by atoms with E-state index in [9.17, 15) is 76.7 Å². The molecule has 6 fully saturated rings. The van der Waals surface area contributed by atoms with Crippen LogP contribution in [0.4, 0.5) is 0 Å². The van der Waals surface area contributed by atoms with Crippen molar-refractivity contribution in [1.82, 2.24) is 0 Å². The minimum absolute atomic E-state index is 0.127. The number of hydrogen-bond donors (Lipinski definition) is 0. The van der Waals surface area contributed by atoms with Crippen LogP contribution in [0.25, 0.3) is 0 Å². The predicted molar refractivity (Wildman–Crippen MR) is 546 cm³/mol. The molecule has 6 saturated heterocycles. The Hall–Kier alpha value is -1.22. The molecule has 28 nitrogen and oxygen atoms in total. The fraction of sp³-hybridized carbons (Fsp3) is 0.818. The molecule has 6 rings (SSSR count). The van der Waals surface area contributed by atoms with Gasteiger partial charge in [-0.05, 0) is 357 Å². The molecule has 0 spiro atoms. The van der Waals surface area contributed by atoms with E-state index in [1.165, 1.54) is 111 Å². The normalized spacial score (nSPS) is 23.3. The summed E-state index contributed by atoms with van der Waals surface area (Å²) in [6, 6.07) is 1.01. The van der Waals surface area contributed by atoms with Crippen molar-refractivity contribution in [1.29, 1.82) is 0 Å². The number of rotatable bonds is 80. The molecule has 0 radical (unpaired) electrons. The summed E-state index contributed by atoms with van der Waals surface area (Å²) < 4.78 is 101. The van der Waals surface area contributed by atoms with Crippen LogP contribution in [0.5, 0.6) is 0 Å². The van der Waals surface area contributed by atoms with Gasteiger partial charge in [-0.1, -0.05) is 0 Å². The molecule has 0 aliphatic carbocycles. The number of carbonyl (C=O) groups is 16. The summed E-state index contributed by atoms with van der Waals surface area (Å²) in [5.41, 5.74) is 0. The minimum Gasteiger partial charge on any atom is -0.373 e. The Morgan fingerprint density at radius 1 is 0.144 bits per heavy atom. The van der Waals surface area contributed by atoms with E-state index in [4.69, 9.17) is 49.4 Å². The first kappa shape index (κ1) is 121. The van der Waals surface area contributed by atoms with E-state index in [0.717, 1.165) is 0 Å². The van der Waals surface area contributed by atoms with E-state index in [1.54, 1.807) is 94.1 Å². The first-order valence-corrected chi connectivity index (χ1v) is 72.2. The number of Topliss-reactive ketones (excluding diaryl/α,β-unsaturated/α-hetero) is 16. The van der Waals surface area contributed by atoms with Gasteiger partial charge < -0.3 is 49.4 Å². The number of thioether (sulfide) groups is 8. The maximum atomic E-state index is 12.7. The molecule has 0 atom stereocenters. The Bertz CT molecular complexity index is 2930. The van der Waals surface area contributed by atoms with Crippen molar-refractivity contribution < 1.29 is 126 Å². The number of carbonyl (C=O) groups excluding carboxylic acids is 16. The van der Waals surface area contributed by atoms with Gasteiger partial charge in [0, 0.05) is 48.4 Å². The van der Waals surface area contributed by atoms with Crippen molar-refractivity contribution in [2.75, 3.05) is 92.0 Å². The maximum absolute atomic E-state index is 12.7. The van der Waals surface area contributed by atoms with Crippen LogP contribution in [0, 0.1) is 47.3 Å². The van der Waals surface area contributed by atoms with E-state index in [1.807, 2.05) is 0 Å². The first-order chi connectivity index (χ1) is 62.4. The SMILES string of the molecule is CC(=O)C(CCCSCCC[Si]12O[Si]3(CCCSCCCC(C(C)=O)C(C)=O)O[Si]4(CCCSCCCC(C(C)=O)C(C)=O)O[Si](CCCSCCCC(C(C)=O)C(C)=O)(O1)O[Si]1(CCCSCCCC(C(C)=O)C(C)=O)O[Si](CCCSCCCC(C(C)=O)C(C)=O)(O2)O[Si](CCCSCCCC(C(C)=O)C(C)=O)(O3)O[Si](CCCSCCCC(C(C)=O)C(C)=O)(O4)O1)C(C)=O. The summed E-state index contributed by atoms with van der Waals surface area (Å²) in [5, 5.41) is 0. The molecule has 0 aromatic carbocycles. The summed E-state index contributed by atoms with van der Waals surface area (Å²) in [5.74, 6) is 0.288. The lowest BCUT2D eigenvalue weighted by atomic mass is 9.96. The fourth-order valence-electron chi connectivity index (χ4n) is 17.2. The molecule has 0 amide bonds. The van der Waals surface area contributed by atoms with Gasteiger partial charge in [-0.2, -0.15) is 94.1 Å². The van der Waals surface area contributed by atoms with Gasteiger partial charge in [0.1, 0.15) is 92.5 Å². The molecule has 8 bridgehead atoms. The molecular formula is C88H152O28S8Si8. The second-order valence-electron chi connectivity index (χ2n) is 35.7. The summed E-state index contributed by atoms with van der Waals surface area (Å²) in [6.45, 7) is 23.0. The predicted octanol–water partition coefficient (Wildman–Crippen LogP) is 17.3. The Balaban J connectivity index is 1.93. The summed E-state index contributed by atoms with van der Waals surface area (Å²) >= 11 is 13.2. The van der Waals surface area contributed by atoms with Crippen molar-refractivity contribution in [3.05, 3.63) is 0 Å². The Kier molecular flexibility index (Phi) is 56.7. The molecule has 0 aromatic rings. The van der Waals surface area contributed by atoms with Crippen LogP contribution in [0.2, 0.25) is 48.4 Å². The highest BCUT2D eigenvalue weighted by Crippen LogP contribution is 2.56. The standard InChI is InChI=1S/C88H152O28S8Si8/c1-65(89)81(66(2)90)33-17-41-117-49-25-57-125-105-126(58-26-50-118-42-18-34-82(67(3)91)68(4)92)108-129(61-29-53-121-45-21-37-85(73(9)97)74(10)98)110-127(106-125,59-27-51-119-43-19-35-83(69(5)93)70(6)94)112-131(63-31-55-123-47-23-39-87(77(13)101)78(14)102)113-128(107-125,60-28-52-120-44-20-36-84(71(7)95)72(8)96)111-130(109-126,62-30-54-122-46-22-38-86(75(11)99)76(12)100)115-132(114-129,116-131)64-32-56-124-48-24-40-88(79(15)103)80(16)104/h81-88H,17-64H2,1-16H3. The van der Waals surface area contributed by atoms with Crippen LogP contribution in [-0.2, 0) is 126 Å². The second kappa shape index (κ2) is 61.7. The third kappa shape index (κ3) is 42.4. The van der Waals surface area contributed by atoms with E-state index in [-0.39, 0.29) is 141 Å². The van der Waals surface area contributed by atoms with Crippen LogP contribution in [0.15, 0.2) is 0 Å². The zero-order valence-corrected chi connectivity index (χ0v) is 95.8. The average Bonchev–Trinajstić information content (AvgIpc) is 0.685. The Labute approximate surface area is 828 Å². The zero-order chi connectivity index (χ0) is 97.9. The lowest BCUT2D eigenvalue weighted by Crippen LogP contribution is -2.88. The smallest absolute Gasteiger partial charge is 0.373 e. The van der Waals surface area contributed by atoms with Gasteiger partial charge in [-0.25, -0.2) is 0 Å². The van der Waals surface area contributed by atoms with Gasteiger partial charge in [-0.3, -0.25) is 76.7 Å². The third-order valence-corrected chi connectivity index (χ3v) is 70.8. The molecule has 132 heavy (non-hydrogen) atoms. The van der Waals surface area contributed by atoms with Crippen LogP contribution < -0.4 is 0 Å². The molecule has 6 aliphatic rings. The Morgan fingerprint density at radius 2 is 0.220 bits per heavy atom. The van der Waals surface area contributed by atoms with Crippen molar-refractivity contribution in [2.24, 2.45) is 47.3 Å². The van der Waals surface area contributed by atoms with Gasteiger partial charge >= 0.3 is 70.4 Å².